The average Bonchev–Trinajstić information content (AvgIpc) is 3.41. The van der Waals surface area contributed by atoms with Crippen LogP contribution in [0.4, 0.5) is 0 Å². The molecule has 432 valence electrons. The molecule has 0 heterocycles. The minimum atomic E-state index is -0.778. The zero-order valence-electron chi connectivity index (χ0n) is 49.6. The fraction of sp³-hybridized carbons (Fsp3) is 0.754. The monoisotopic (exact) mass is 1040 g/mol. The topological polar surface area (TPSA) is 78.9 Å². The van der Waals surface area contributed by atoms with Crippen molar-refractivity contribution >= 4 is 17.9 Å². The van der Waals surface area contributed by atoms with Crippen LogP contribution in [-0.4, -0.2) is 37.2 Å². The van der Waals surface area contributed by atoms with Crippen molar-refractivity contribution in [3.05, 3.63) is 85.1 Å². The number of rotatable bonds is 58. The zero-order chi connectivity index (χ0) is 54.3. The van der Waals surface area contributed by atoms with Crippen LogP contribution in [0.3, 0.4) is 0 Å². The van der Waals surface area contributed by atoms with Crippen LogP contribution in [0.2, 0.25) is 0 Å². The lowest BCUT2D eigenvalue weighted by atomic mass is 10.0. The van der Waals surface area contributed by atoms with E-state index in [2.05, 4.69) is 106 Å². The van der Waals surface area contributed by atoms with Gasteiger partial charge in [-0.05, 0) is 77.0 Å². The van der Waals surface area contributed by atoms with Crippen molar-refractivity contribution in [2.75, 3.05) is 13.2 Å². The van der Waals surface area contributed by atoms with Crippen molar-refractivity contribution < 1.29 is 28.6 Å². The van der Waals surface area contributed by atoms with Gasteiger partial charge in [-0.15, -0.1) is 0 Å². The predicted molar refractivity (Wildman–Crippen MR) is 325 cm³/mol. The minimum Gasteiger partial charge on any atom is -0.462 e. The van der Waals surface area contributed by atoms with E-state index in [1.54, 1.807) is 0 Å². The molecular formula is C69H120O6. The average molecular weight is 1050 g/mol. The molecule has 0 fully saturated rings. The largest absolute Gasteiger partial charge is 0.462 e. The molecule has 6 nitrogen and oxygen atoms in total. The second kappa shape index (κ2) is 63.1. The quantitative estimate of drug-likeness (QED) is 0.0261. The lowest BCUT2D eigenvalue weighted by Crippen LogP contribution is -2.30. The highest BCUT2D eigenvalue weighted by Gasteiger charge is 2.19. The highest BCUT2D eigenvalue weighted by atomic mass is 16.6. The predicted octanol–water partition coefficient (Wildman–Crippen LogP) is 21.9. The Morgan fingerprint density at radius 2 is 0.520 bits per heavy atom. The number of unbranched alkanes of at least 4 members (excludes halogenated alkanes) is 33. The van der Waals surface area contributed by atoms with Gasteiger partial charge in [-0.2, -0.15) is 0 Å². The summed E-state index contributed by atoms with van der Waals surface area (Å²) in [4.78, 5) is 38.3. The summed E-state index contributed by atoms with van der Waals surface area (Å²) < 4.78 is 16.9. The van der Waals surface area contributed by atoms with Gasteiger partial charge in [0.2, 0.25) is 0 Å². The number of allylic oxidation sites excluding steroid dienone is 14. The standard InChI is InChI=1S/C69H120O6/c1-4-7-10-13-16-19-22-25-28-29-30-31-32-33-34-35-36-37-38-39-40-41-42-45-47-50-53-56-59-62-68(71)74-65-66(75-69(72)63-60-57-54-51-48-44-27-24-21-18-15-12-9-6-3)64-73-67(70)61-58-55-52-49-46-43-26-23-20-17-14-11-8-5-2/h7,10,16,19,25,28,30-31,33-34,36-37,39-40,66H,4-6,8-9,11-15,17-18,20-24,26-27,29,32,35,38,41-65H2,1-3H3/b10-7-,19-16-,28-25-,31-30-,34-33-,37-36-,40-39-. The molecule has 0 saturated carbocycles. The molecule has 75 heavy (non-hydrogen) atoms. The molecule has 0 aromatic heterocycles. The van der Waals surface area contributed by atoms with Crippen molar-refractivity contribution in [3.8, 4) is 0 Å². The number of hydrogen-bond donors (Lipinski definition) is 0. The van der Waals surface area contributed by atoms with Gasteiger partial charge in [-0.1, -0.05) is 305 Å². The molecule has 0 N–H and O–H groups in total. The summed E-state index contributed by atoms with van der Waals surface area (Å²) in [5, 5.41) is 0. The Balaban J connectivity index is 4.29. The lowest BCUT2D eigenvalue weighted by molar-refractivity contribution is -0.167. The molecule has 1 atom stereocenters. The minimum absolute atomic E-state index is 0.0749. The van der Waals surface area contributed by atoms with Crippen molar-refractivity contribution in [1.82, 2.24) is 0 Å². The molecule has 0 aliphatic carbocycles. The molecule has 0 aromatic carbocycles. The summed E-state index contributed by atoms with van der Waals surface area (Å²) in [6.45, 7) is 6.55. The molecule has 0 radical (unpaired) electrons. The second-order valence-electron chi connectivity index (χ2n) is 21.3. The van der Waals surface area contributed by atoms with E-state index in [4.69, 9.17) is 14.2 Å². The Labute approximate surface area is 465 Å². The Bertz CT molecular complexity index is 1430. The molecule has 0 rings (SSSR count). The molecule has 0 aliphatic heterocycles. The Kier molecular flexibility index (Phi) is 60.3. The van der Waals surface area contributed by atoms with Crippen LogP contribution in [0, 0.1) is 0 Å². The second-order valence-corrected chi connectivity index (χ2v) is 21.3. The van der Waals surface area contributed by atoms with Crippen LogP contribution in [0.25, 0.3) is 0 Å². The van der Waals surface area contributed by atoms with E-state index in [1.807, 2.05) is 0 Å². The number of esters is 3. The van der Waals surface area contributed by atoms with Crippen LogP contribution in [0.5, 0.6) is 0 Å². The van der Waals surface area contributed by atoms with Gasteiger partial charge in [0, 0.05) is 19.3 Å². The Morgan fingerprint density at radius 1 is 0.280 bits per heavy atom. The van der Waals surface area contributed by atoms with Crippen LogP contribution in [0.15, 0.2) is 85.1 Å². The van der Waals surface area contributed by atoms with Crippen molar-refractivity contribution in [2.45, 2.75) is 322 Å². The van der Waals surface area contributed by atoms with Gasteiger partial charge in [0.1, 0.15) is 13.2 Å². The van der Waals surface area contributed by atoms with Gasteiger partial charge in [0.05, 0.1) is 0 Å². The first-order chi connectivity index (χ1) is 37.0. The smallest absolute Gasteiger partial charge is 0.306 e. The van der Waals surface area contributed by atoms with Gasteiger partial charge < -0.3 is 14.2 Å². The van der Waals surface area contributed by atoms with Crippen molar-refractivity contribution in [3.63, 3.8) is 0 Å². The molecule has 0 aliphatic rings. The first kappa shape index (κ1) is 71.6. The highest BCUT2D eigenvalue weighted by molar-refractivity contribution is 5.71. The van der Waals surface area contributed by atoms with Gasteiger partial charge in [-0.25, -0.2) is 0 Å². The third-order valence-electron chi connectivity index (χ3n) is 13.9. The zero-order valence-corrected chi connectivity index (χ0v) is 49.6. The summed E-state index contributed by atoms with van der Waals surface area (Å²) in [6, 6.07) is 0. The fourth-order valence-electron chi connectivity index (χ4n) is 9.13. The number of carbonyl (C=O) groups is 3. The van der Waals surface area contributed by atoms with Gasteiger partial charge in [0.25, 0.3) is 0 Å². The van der Waals surface area contributed by atoms with E-state index in [-0.39, 0.29) is 31.1 Å². The SMILES string of the molecule is CC/C=C\C/C=C\C/C=C\C/C=C\C/C=C\C/C=C\C/C=C\CCCCCCCCCC(=O)OCC(COC(=O)CCCCCCCCCCCCCCCC)OC(=O)CCCCCCCCCCCCCCCC. The van der Waals surface area contributed by atoms with Gasteiger partial charge in [0.15, 0.2) is 6.10 Å². The van der Waals surface area contributed by atoms with Gasteiger partial charge >= 0.3 is 17.9 Å². The number of carbonyl (C=O) groups excluding carboxylic acids is 3. The summed E-state index contributed by atoms with van der Waals surface area (Å²) in [5.74, 6) is -0.871. The first-order valence-corrected chi connectivity index (χ1v) is 32.1. The third kappa shape index (κ3) is 61.3. The third-order valence-corrected chi connectivity index (χ3v) is 13.9. The van der Waals surface area contributed by atoms with Crippen LogP contribution < -0.4 is 0 Å². The van der Waals surface area contributed by atoms with Crippen LogP contribution >= 0.6 is 0 Å². The maximum Gasteiger partial charge on any atom is 0.306 e. The normalized spacial score (nSPS) is 12.6. The van der Waals surface area contributed by atoms with Crippen molar-refractivity contribution in [2.24, 2.45) is 0 Å². The number of hydrogen-bond acceptors (Lipinski definition) is 6. The van der Waals surface area contributed by atoms with Crippen molar-refractivity contribution in [1.29, 1.82) is 0 Å². The molecule has 6 heteroatoms. The van der Waals surface area contributed by atoms with E-state index < -0.39 is 6.10 Å². The molecule has 0 aromatic rings. The highest BCUT2D eigenvalue weighted by Crippen LogP contribution is 2.17. The van der Waals surface area contributed by atoms with E-state index in [0.29, 0.717) is 19.3 Å². The first-order valence-electron chi connectivity index (χ1n) is 32.1. The van der Waals surface area contributed by atoms with E-state index in [9.17, 15) is 14.4 Å². The van der Waals surface area contributed by atoms with E-state index >= 15 is 0 Å². The summed E-state index contributed by atoms with van der Waals surface area (Å²) in [6.07, 6.45) is 83.0. The maximum atomic E-state index is 12.9. The van der Waals surface area contributed by atoms with Crippen LogP contribution in [0.1, 0.15) is 316 Å². The molecule has 0 bridgehead atoms. The maximum absolute atomic E-state index is 12.9. The Morgan fingerprint density at radius 3 is 0.813 bits per heavy atom. The summed E-state index contributed by atoms with van der Waals surface area (Å²) in [5.41, 5.74) is 0. The van der Waals surface area contributed by atoms with Crippen LogP contribution in [-0.2, 0) is 28.6 Å². The molecule has 0 amide bonds. The number of ether oxygens (including phenoxy) is 3. The fourth-order valence-corrected chi connectivity index (χ4v) is 9.13. The molecule has 0 spiro atoms. The summed E-state index contributed by atoms with van der Waals surface area (Å²) in [7, 11) is 0. The summed E-state index contributed by atoms with van der Waals surface area (Å²) >= 11 is 0. The van der Waals surface area contributed by atoms with Gasteiger partial charge in [-0.3, -0.25) is 14.4 Å². The van der Waals surface area contributed by atoms with E-state index in [1.165, 1.54) is 167 Å². The molecule has 0 saturated heterocycles. The molecule has 1 unspecified atom stereocenters. The molecular weight excluding hydrogens is 925 g/mol. The Hall–Kier alpha value is -3.41. The lowest BCUT2D eigenvalue weighted by Gasteiger charge is -2.18. The van der Waals surface area contributed by atoms with E-state index in [0.717, 1.165) is 109 Å².